The number of carbonyl (C=O) groups excluding carboxylic acids is 2. The predicted octanol–water partition coefficient (Wildman–Crippen LogP) is 2.21. The normalized spacial score (nSPS) is 18.4. The van der Waals surface area contributed by atoms with E-state index in [4.69, 9.17) is 9.84 Å². The number of halogens is 4. The Morgan fingerprint density at radius 3 is 2.18 bits per heavy atom. The molecule has 1 saturated heterocycles. The van der Waals surface area contributed by atoms with Crippen molar-refractivity contribution in [2.75, 3.05) is 20.1 Å². The minimum absolute atomic E-state index is 0.161. The standard InChI is InChI=1S/C17H18F4N2O5/c1-22(15(27)28-8-11-5-3-2-4-6-11)12(7-13(24)25)14(26)23-9-16(18,19)17(20,21)10-23/h2-6,12H,7-10H2,1H3,(H,24,25). The molecule has 11 heteroatoms. The number of hydrogen-bond donors (Lipinski definition) is 1. The molecule has 154 valence electrons. The molecule has 0 bridgehead atoms. The lowest BCUT2D eigenvalue weighted by Crippen LogP contribution is -2.50. The number of carbonyl (C=O) groups is 3. The van der Waals surface area contributed by atoms with Crippen molar-refractivity contribution in [3.05, 3.63) is 35.9 Å². The summed E-state index contributed by atoms with van der Waals surface area (Å²) in [4.78, 5) is 36.4. The van der Waals surface area contributed by atoms with Gasteiger partial charge in [0.2, 0.25) is 5.91 Å². The Morgan fingerprint density at radius 2 is 1.68 bits per heavy atom. The molecule has 2 rings (SSSR count). The van der Waals surface area contributed by atoms with Crippen molar-refractivity contribution in [2.24, 2.45) is 0 Å². The van der Waals surface area contributed by atoms with Crippen molar-refractivity contribution in [1.29, 1.82) is 0 Å². The van der Waals surface area contributed by atoms with Gasteiger partial charge in [-0.2, -0.15) is 17.6 Å². The average Bonchev–Trinajstić information content (AvgIpc) is 2.84. The van der Waals surface area contributed by atoms with Gasteiger partial charge in [0.1, 0.15) is 12.6 Å². The monoisotopic (exact) mass is 406 g/mol. The molecular formula is C17H18F4N2O5. The van der Waals surface area contributed by atoms with Crippen molar-refractivity contribution in [3.8, 4) is 0 Å². The van der Waals surface area contributed by atoms with Crippen LogP contribution in [0.2, 0.25) is 0 Å². The number of hydrogen-bond acceptors (Lipinski definition) is 4. The van der Waals surface area contributed by atoms with Crippen LogP contribution in [0.25, 0.3) is 0 Å². The second-order valence-corrected chi connectivity index (χ2v) is 6.37. The molecule has 0 aliphatic carbocycles. The van der Waals surface area contributed by atoms with Gasteiger partial charge < -0.3 is 14.7 Å². The van der Waals surface area contributed by atoms with Gasteiger partial charge in [-0.15, -0.1) is 0 Å². The van der Waals surface area contributed by atoms with Crippen LogP contribution in [0.4, 0.5) is 22.4 Å². The summed E-state index contributed by atoms with van der Waals surface area (Å²) in [5, 5.41) is 8.97. The van der Waals surface area contributed by atoms with Crippen molar-refractivity contribution >= 4 is 18.0 Å². The first-order valence-electron chi connectivity index (χ1n) is 8.14. The second-order valence-electron chi connectivity index (χ2n) is 6.37. The van der Waals surface area contributed by atoms with Crippen LogP contribution in [0.3, 0.4) is 0 Å². The summed E-state index contributed by atoms with van der Waals surface area (Å²) in [5.41, 5.74) is 0.615. The zero-order chi connectivity index (χ0) is 21.1. The second kappa shape index (κ2) is 8.03. The molecule has 28 heavy (non-hydrogen) atoms. The Hall–Kier alpha value is -2.85. The largest absolute Gasteiger partial charge is 0.481 e. The molecule has 1 atom stereocenters. The molecule has 0 spiro atoms. The number of carboxylic acids is 1. The van der Waals surface area contributed by atoms with E-state index in [-0.39, 0.29) is 11.5 Å². The molecule has 1 N–H and O–H groups in total. The Bertz CT molecular complexity index is 728. The molecule has 1 unspecified atom stereocenters. The van der Waals surface area contributed by atoms with Crippen LogP contribution in [-0.2, 0) is 20.9 Å². The van der Waals surface area contributed by atoms with Crippen LogP contribution in [0.1, 0.15) is 12.0 Å². The molecule has 1 aliphatic rings. The van der Waals surface area contributed by atoms with E-state index >= 15 is 0 Å². The number of amides is 2. The van der Waals surface area contributed by atoms with Crippen molar-refractivity contribution in [3.63, 3.8) is 0 Å². The van der Waals surface area contributed by atoms with E-state index in [2.05, 4.69) is 0 Å². The third-order valence-corrected chi connectivity index (χ3v) is 4.24. The van der Waals surface area contributed by atoms with Crippen LogP contribution < -0.4 is 0 Å². The van der Waals surface area contributed by atoms with E-state index in [1.54, 1.807) is 30.3 Å². The summed E-state index contributed by atoms with van der Waals surface area (Å²) in [6.45, 7) is -3.32. The highest BCUT2D eigenvalue weighted by Gasteiger charge is 2.64. The highest BCUT2D eigenvalue weighted by Crippen LogP contribution is 2.41. The van der Waals surface area contributed by atoms with Crippen molar-refractivity contribution < 1.29 is 41.8 Å². The summed E-state index contributed by atoms with van der Waals surface area (Å²) in [7, 11) is 1.03. The van der Waals surface area contributed by atoms with Crippen molar-refractivity contribution in [1.82, 2.24) is 9.80 Å². The van der Waals surface area contributed by atoms with E-state index in [1.165, 1.54) is 0 Å². The molecule has 1 aliphatic heterocycles. The maximum Gasteiger partial charge on any atom is 0.410 e. The molecule has 0 saturated carbocycles. The fraction of sp³-hybridized carbons (Fsp3) is 0.471. The smallest absolute Gasteiger partial charge is 0.410 e. The molecule has 1 heterocycles. The minimum atomic E-state index is -4.44. The van der Waals surface area contributed by atoms with Gasteiger partial charge in [0.05, 0.1) is 19.5 Å². The highest BCUT2D eigenvalue weighted by molar-refractivity contribution is 5.89. The lowest BCUT2D eigenvalue weighted by Gasteiger charge is -2.28. The van der Waals surface area contributed by atoms with Gasteiger partial charge in [0.25, 0.3) is 0 Å². The third-order valence-electron chi connectivity index (χ3n) is 4.24. The minimum Gasteiger partial charge on any atom is -0.481 e. The topological polar surface area (TPSA) is 87.1 Å². The van der Waals surface area contributed by atoms with E-state index in [9.17, 15) is 31.9 Å². The van der Waals surface area contributed by atoms with Gasteiger partial charge in [-0.3, -0.25) is 14.5 Å². The quantitative estimate of drug-likeness (QED) is 0.732. The zero-order valence-electron chi connectivity index (χ0n) is 14.8. The molecule has 2 amide bonds. The number of ether oxygens (including phenoxy) is 1. The molecule has 1 aromatic carbocycles. The number of benzene rings is 1. The van der Waals surface area contributed by atoms with Crippen LogP contribution in [-0.4, -0.2) is 70.9 Å². The predicted molar refractivity (Wildman–Crippen MR) is 86.9 cm³/mol. The molecule has 1 aromatic rings. The first kappa shape index (κ1) is 21.5. The van der Waals surface area contributed by atoms with Gasteiger partial charge in [-0.25, -0.2) is 4.79 Å². The fourth-order valence-electron chi connectivity index (χ4n) is 2.64. The molecule has 1 fully saturated rings. The summed E-state index contributed by atoms with van der Waals surface area (Å²) < 4.78 is 58.4. The van der Waals surface area contributed by atoms with E-state index in [1.807, 2.05) is 0 Å². The zero-order valence-corrected chi connectivity index (χ0v) is 14.8. The van der Waals surface area contributed by atoms with E-state index in [0.29, 0.717) is 10.5 Å². The summed E-state index contributed by atoms with van der Waals surface area (Å²) >= 11 is 0. The van der Waals surface area contributed by atoms with Crippen LogP contribution in [0.5, 0.6) is 0 Å². The number of aliphatic carboxylic acids is 1. The Kier molecular flexibility index (Phi) is 6.15. The number of likely N-dealkylation sites (N-methyl/N-ethyl adjacent to an activating group) is 1. The van der Waals surface area contributed by atoms with Crippen LogP contribution >= 0.6 is 0 Å². The van der Waals surface area contributed by atoms with Crippen molar-refractivity contribution in [2.45, 2.75) is 30.9 Å². The van der Waals surface area contributed by atoms with E-state index in [0.717, 1.165) is 7.05 Å². The summed E-state index contributed by atoms with van der Waals surface area (Å²) in [5.74, 6) is -11.7. The molecule has 0 radical (unpaired) electrons. The maximum absolute atomic E-state index is 13.4. The van der Waals surface area contributed by atoms with Gasteiger partial charge in [-0.05, 0) is 5.56 Å². The Morgan fingerprint density at radius 1 is 1.14 bits per heavy atom. The number of rotatable bonds is 6. The Labute approximate surface area is 157 Å². The van der Waals surface area contributed by atoms with Crippen LogP contribution in [0.15, 0.2) is 30.3 Å². The fourth-order valence-corrected chi connectivity index (χ4v) is 2.64. The van der Waals surface area contributed by atoms with Gasteiger partial charge in [0, 0.05) is 7.05 Å². The summed E-state index contributed by atoms with van der Waals surface area (Å²) in [6.07, 6.45) is -2.05. The third kappa shape index (κ3) is 4.70. The summed E-state index contributed by atoms with van der Waals surface area (Å²) in [6, 6.07) is 6.66. The molecule has 0 aromatic heterocycles. The number of nitrogens with zero attached hydrogens (tertiary/aromatic N) is 2. The van der Waals surface area contributed by atoms with Crippen LogP contribution in [0, 0.1) is 0 Å². The first-order valence-corrected chi connectivity index (χ1v) is 8.14. The number of alkyl halides is 4. The molecular weight excluding hydrogens is 388 g/mol. The average molecular weight is 406 g/mol. The number of carboxylic acid groups (broad SMARTS) is 1. The first-order chi connectivity index (χ1) is 12.9. The SMILES string of the molecule is CN(C(=O)OCc1ccccc1)C(CC(=O)O)C(=O)N1CC(F)(F)C(F)(F)C1. The lowest BCUT2D eigenvalue weighted by molar-refractivity contribution is -0.172. The lowest BCUT2D eigenvalue weighted by atomic mass is 10.1. The van der Waals surface area contributed by atoms with Gasteiger partial charge in [-0.1, -0.05) is 30.3 Å². The van der Waals surface area contributed by atoms with Gasteiger partial charge in [0.15, 0.2) is 0 Å². The van der Waals surface area contributed by atoms with E-state index < -0.39 is 55.4 Å². The number of likely N-dealkylation sites (tertiary alicyclic amines) is 1. The van der Waals surface area contributed by atoms with Gasteiger partial charge >= 0.3 is 23.9 Å². The highest BCUT2D eigenvalue weighted by atomic mass is 19.3. The molecule has 7 nitrogen and oxygen atoms in total. The Balaban J connectivity index is 2.10. The maximum atomic E-state index is 13.4.